The fraction of sp³-hybridized carbons (Fsp3) is 0.643. The molecule has 0 radical (unpaired) electrons. The van der Waals surface area contributed by atoms with Crippen LogP contribution in [-0.2, 0) is 35.0 Å². The lowest BCUT2D eigenvalue weighted by atomic mass is 10.1. The van der Waals surface area contributed by atoms with Crippen LogP contribution in [0.4, 0.5) is 9.59 Å². The Morgan fingerprint density at radius 3 is 1.79 bits per heavy atom. The van der Waals surface area contributed by atoms with Crippen molar-refractivity contribution in [3.8, 4) is 11.5 Å². The number of hydrogen-bond donors (Lipinski definition) is 1. The molecule has 0 fully saturated rings. The summed E-state index contributed by atoms with van der Waals surface area (Å²) in [4.78, 5) is 48.7. The van der Waals surface area contributed by atoms with Crippen LogP contribution in [0.15, 0.2) is 18.2 Å². The topological polar surface area (TPSA) is 150 Å². The molecule has 0 saturated heterocycles. The molecule has 0 aliphatic heterocycles. The average molecular weight is 554 g/mol. The monoisotopic (exact) mass is 553 g/mol. The molecule has 1 aromatic carbocycles. The normalized spacial score (nSPS) is 14.0. The van der Waals surface area contributed by atoms with Crippen LogP contribution in [-0.4, -0.2) is 55.2 Å². The molecule has 2 unspecified atom stereocenters. The molecule has 0 aliphatic carbocycles. The minimum atomic E-state index is -1.06. The first-order chi connectivity index (χ1) is 18.4. The molecule has 220 valence electrons. The summed E-state index contributed by atoms with van der Waals surface area (Å²) in [5.74, 6) is -1.57. The van der Waals surface area contributed by atoms with E-state index in [1.54, 1.807) is 40.7 Å². The summed E-state index contributed by atoms with van der Waals surface area (Å²) in [7, 11) is 0. The zero-order chi connectivity index (χ0) is 29.5. The van der Waals surface area contributed by atoms with Crippen LogP contribution in [0.2, 0.25) is 0 Å². The highest BCUT2D eigenvalue weighted by Crippen LogP contribution is 2.30. The van der Waals surface area contributed by atoms with Gasteiger partial charge in [0.2, 0.25) is 0 Å². The second-order valence-electron chi connectivity index (χ2n) is 9.76. The van der Waals surface area contributed by atoms with E-state index in [0.29, 0.717) is 18.4 Å². The third-order valence-corrected chi connectivity index (χ3v) is 5.39. The SMILES string of the molecule is CCCC(C)OC(=O)Oc1ccc(C[C@H](N)C(=O)OC[C@H](C)OC(=O)C(C)C)cc1OC(=O)OC(C)CCC. The molecule has 0 spiro atoms. The van der Waals surface area contributed by atoms with Crippen molar-refractivity contribution in [3.05, 3.63) is 23.8 Å². The van der Waals surface area contributed by atoms with E-state index in [2.05, 4.69) is 0 Å². The molecule has 4 atom stereocenters. The molecular formula is C28H43NO10. The van der Waals surface area contributed by atoms with E-state index in [0.717, 1.165) is 12.8 Å². The second kappa shape index (κ2) is 17.3. The maximum atomic E-state index is 12.4. The lowest BCUT2D eigenvalue weighted by Crippen LogP contribution is -2.36. The molecular weight excluding hydrogens is 510 g/mol. The highest BCUT2D eigenvalue weighted by atomic mass is 16.7. The highest BCUT2D eigenvalue weighted by molar-refractivity contribution is 5.76. The lowest BCUT2D eigenvalue weighted by molar-refractivity contribution is -0.161. The van der Waals surface area contributed by atoms with E-state index in [1.165, 1.54) is 12.1 Å². The number of benzene rings is 1. The summed E-state index contributed by atoms with van der Waals surface area (Å²) in [5, 5.41) is 0. The maximum absolute atomic E-state index is 12.4. The Labute approximate surface area is 230 Å². The maximum Gasteiger partial charge on any atom is 0.514 e. The molecule has 11 heteroatoms. The number of carbonyl (C=O) groups is 4. The van der Waals surface area contributed by atoms with Crippen LogP contribution < -0.4 is 15.2 Å². The van der Waals surface area contributed by atoms with Gasteiger partial charge in [-0.2, -0.15) is 0 Å². The first-order valence-electron chi connectivity index (χ1n) is 13.4. The summed E-state index contributed by atoms with van der Waals surface area (Å²) in [5.41, 5.74) is 6.52. The lowest BCUT2D eigenvalue weighted by Gasteiger charge is -2.18. The third kappa shape index (κ3) is 13.3. The van der Waals surface area contributed by atoms with Gasteiger partial charge in [-0.15, -0.1) is 0 Å². The smallest absolute Gasteiger partial charge is 0.461 e. The van der Waals surface area contributed by atoms with Crippen LogP contribution in [0, 0.1) is 5.92 Å². The standard InChI is InChI=1S/C28H43NO10/c1-8-10-18(5)36-27(32)38-23-13-12-21(15-24(23)39-28(33)37-19(6)11-9-2)14-22(29)26(31)34-16-20(7)35-25(30)17(3)4/h12-13,15,17-20,22H,8-11,14,16,29H2,1-7H3/t18?,19?,20-,22-/m0/s1. The third-order valence-electron chi connectivity index (χ3n) is 5.39. The van der Waals surface area contributed by atoms with Gasteiger partial charge in [0.25, 0.3) is 0 Å². The Kier molecular flexibility index (Phi) is 14.9. The van der Waals surface area contributed by atoms with Gasteiger partial charge in [-0.1, -0.05) is 46.6 Å². The van der Waals surface area contributed by atoms with Crippen molar-refractivity contribution >= 4 is 24.2 Å². The average Bonchev–Trinajstić information content (AvgIpc) is 2.84. The molecule has 0 aliphatic rings. The zero-order valence-electron chi connectivity index (χ0n) is 24.0. The van der Waals surface area contributed by atoms with Gasteiger partial charge < -0.3 is 34.2 Å². The van der Waals surface area contributed by atoms with Gasteiger partial charge in [-0.25, -0.2) is 9.59 Å². The Bertz CT molecular complexity index is 948. The van der Waals surface area contributed by atoms with E-state index in [-0.39, 0.29) is 42.7 Å². The van der Waals surface area contributed by atoms with Crippen molar-refractivity contribution in [1.29, 1.82) is 0 Å². The van der Waals surface area contributed by atoms with Gasteiger partial charge in [0, 0.05) is 0 Å². The Morgan fingerprint density at radius 1 is 0.744 bits per heavy atom. The number of carbonyl (C=O) groups excluding carboxylic acids is 4. The number of ether oxygens (including phenoxy) is 6. The highest BCUT2D eigenvalue weighted by Gasteiger charge is 2.22. The number of esters is 2. The van der Waals surface area contributed by atoms with Crippen LogP contribution in [0.1, 0.15) is 79.7 Å². The van der Waals surface area contributed by atoms with Gasteiger partial charge in [0.05, 0.1) is 5.92 Å². The van der Waals surface area contributed by atoms with Crippen molar-refractivity contribution in [3.63, 3.8) is 0 Å². The van der Waals surface area contributed by atoms with Crippen LogP contribution in [0.3, 0.4) is 0 Å². The minimum absolute atomic E-state index is 0.0227. The van der Waals surface area contributed by atoms with Gasteiger partial charge >= 0.3 is 24.2 Å². The predicted molar refractivity (Wildman–Crippen MR) is 142 cm³/mol. The molecule has 0 aromatic heterocycles. The molecule has 1 aromatic rings. The summed E-state index contributed by atoms with van der Waals surface area (Å²) in [6, 6.07) is 3.33. The van der Waals surface area contributed by atoms with E-state index < -0.39 is 36.4 Å². The van der Waals surface area contributed by atoms with E-state index in [1.807, 2.05) is 13.8 Å². The molecule has 0 bridgehead atoms. The van der Waals surface area contributed by atoms with Gasteiger partial charge in [0.15, 0.2) is 11.5 Å². The number of hydrogen-bond acceptors (Lipinski definition) is 11. The van der Waals surface area contributed by atoms with E-state index in [9.17, 15) is 19.2 Å². The first-order valence-corrected chi connectivity index (χ1v) is 13.4. The summed E-state index contributed by atoms with van der Waals surface area (Å²) in [6.07, 6.45) is -0.321. The number of nitrogens with two attached hydrogens (primary N) is 1. The fourth-order valence-electron chi connectivity index (χ4n) is 3.34. The first kappa shape index (κ1) is 33.7. The van der Waals surface area contributed by atoms with Crippen LogP contribution >= 0.6 is 0 Å². The zero-order valence-corrected chi connectivity index (χ0v) is 24.0. The van der Waals surface area contributed by atoms with Crippen molar-refractivity contribution in [2.45, 2.75) is 105 Å². The summed E-state index contributed by atoms with van der Waals surface area (Å²) in [6.45, 7) is 12.3. The van der Waals surface area contributed by atoms with Crippen molar-refractivity contribution < 1.29 is 47.6 Å². The Hall–Kier alpha value is -3.34. The molecule has 0 amide bonds. The second-order valence-corrected chi connectivity index (χ2v) is 9.76. The summed E-state index contributed by atoms with van der Waals surface area (Å²) < 4.78 is 31.4. The quantitative estimate of drug-likeness (QED) is 0.176. The Balaban J connectivity index is 2.94. The summed E-state index contributed by atoms with van der Waals surface area (Å²) >= 11 is 0. The molecule has 1 rings (SSSR count). The Morgan fingerprint density at radius 2 is 1.28 bits per heavy atom. The molecule has 0 heterocycles. The molecule has 39 heavy (non-hydrogen) atoms. The molecule has 0 saturated carbocycles. The van der Waals surface area contributed by atoms with Crippen LogP contribution in [0.25, 0.3) is 0 Å². The predicted octanol–water partition coefficient (Wildman–Crippen LogP) is 5.10. The van der Waals surface area contributed by atoms with Gasteiger partial charge in [0.1, 0.15) is 31.0 Å². The van der Waals surface area contributed by atoms with Crippen molar-refractivity contribution in [2.75, 3.05) is 6.61 Å². The largest absolute Gasteiger partial charge is 0.514 e. The van der Waals surface area contributed by atoms with Crippen molar-refractivity contribution in [2.24, 2.45) is 11.7 Å². The van der Waals surface area contributed by atoms with E-state index >= 15 is 0 Å². The van der Waals surface area contributed by atoms with Crippen molar-refractivity contribution in [1.82, 2.24) is 0 Å². The molecule has 11 nitrogen and oxygen atoms in total. The van der Waals surface area contributed by atoms with Crippen LogP contribution in [0.5, 0.6) is 11.5 Å². The van der Waals surface area contributed by atoms with Gasteiger partial charge in [-0.3, -0.25) is 9.59 Å². The minimum Gasteiger partial charge on any atom is -0.461 e. The van der Waals surface area contributed by atoms with Gasteiger partial charge in [-0.05, 0) is 57.7 Å². The number of rotatable bonds is 15. The fourth-order valence-corrected chi connectivity index (χ4v) is 3.34. The molecule has 2 N–H and O–H groups in total. The van der Waals surface area contributed by atoms with E-state index in [4.69, 9.17) is 34.2 Å².